The number of hydrogen-bond acceptors (Lipinski definition) is 0. The van der Waals surface area contributed by atoms with Crippen LogP contribution < -0.4 is 0 Å². The lowest BCUT2D eigenvalue weighted by molar-refractivity contribution is 0.221. The smallest absolute Gasteiger partial charge is 0.0323 e. The van der Waals surface area contributed by atoms with E-state index in [1.54, 1.807) is 0 Å². The third-order valence-corrected chi connectivity index (χ3v) is 3.21. The highest BCUT2D eigenvalue weighted by atomic mass is 14.3. The lowest BCUT2D eigenvalue weighted by Crippen LogP contribution is -2.17. The third kappa shape index (κ3) is 3.16. The summed E-state index contributed by atoms with van der Waals surface area (Å²) in [4.78, 5) is 0. The van der Waals surface area contributed by atoms with Crippen LogP contribution in [0.5, 0.6) is 0 Å². The van der Waals surface area contributed by atoms with Gasteiger partial charge in [0.15, 0.2) is 0 Å². The Labute approximate surface area is 77.7 Å². The Kier molecular flexibility index (Phi) is 3.61. The van der Waals surface area contributed by atoms with E-state index in [2.05, 4.69) is 20.8 Å². The molecule has 0 aromatic carbocycles. The molecule has 0 amide bonds. The maximum atomic E-state index is 2.50. The average Bonchev–Trinajstić information content (AvgIpc) is 2.12. The van der Waals surface area contributed by atoms with E-state index in [0.717, 1.165) is 5.92 Å². The van der Waals surface area contributed by atoms with Crippen molar-refractivity contribution in [3.05, 3.63) is 0 Å². The molecule has 0 radical (unpaired) electrons. The van der Waals surface area contributed by atoms with Gasteiger partial charge in [-0.1, -0.05) is 46.5 Å². The molecule has 0 atom stereocenters. The molecule has 0 heteroatoms. The van der Waals surface area contributed by atoms with Gasteiger partial charge < -0.3 is 0 Å². The Bertz CT molecular complexity index is 116. The predicted molar refractivity (Wildman–Crippen MR) is 55.3 cm³/mol. The second-order valence-electron chi connectivity index (χ2n) is 5.32. The van der Waals surface area contributed by atoms with Crippen LogP contribution >= 0.6 is 0 Å². The summed E-state index contributed by atoms with van der Waals surface area (Å²) < 4.78 is 0. The monoisotopic (exact) mass is 168 g/mol. The fourth-order valence-electron chi connectivity index (χ4n) is 2.77. The summed E-state index contributed by atoms with van der Waals surface area (Å²) >= 11 is 0. The maximum Gasteiger partial charge on any atom is -0.0323 e. The standard InChI is InChI=1S/C12H24/c1-11(2)10-12(3)8-6-4-5-7-9-12/h11H,4-10H2,1-3H3. The highest BCUT2D eigenvalue weighted by Gasteiger charge is 2.25. The molecule has 1 rings (SSSR count). The predicted octanol–water partition coefficient (Wildman–Crippen LogP) is 4.39. The normalized spacial score (nSPS) is 24.0. The molecule has 1 fully saturated rings. The third-order valence-electron chi connectivity index (χ3n) is 3.21. The SMILES string of the molecule is CC(C)CC1(C)CCCCCC1. The van der Waals surface area contributed by atoms with Crippen molar-refractivity contribution in [2.45, 2.75) is 65.7 Å². The summed E-state index contributed by atoms with van der Waals surface area (Å²) in [7, 11) is 0. The van der Waals surface area contributed by atoms with Crippen molar-refractivity contribution >= 4 is 0 Å². The molecule has 0 bridgehead atoms. The van der Waals surface area contributed by atoms with Crippen LogP contribution in [0.25, 0.3) is 0 Å². The summed E-state index contributed by atoms with van der Waals surface area (Å²) in [6, 6.07) is 0. The number of hydrogen-bond donors (Lipinski definition) is 0. The van der Waals surface area contributed by atoms with Crippen LogP contribution in [0.4, 0.5) is 0 Å². The van der Waals surface area contributed by atoms with Crippen LogP contribution in [-0.4, -0.2) is 0 Å². The van der Waals surface area contributed by atoms with Crippen LogP contribution in [0.3, 0.4) is 0 Å². The number of rotatable bonds is 2. The van der Waals surface area contributed by atoms with Crippen LogP contribution in [0.15, 0.2) is 0 Å². The first kappa shape index (κ1) is 10.1. The summed E-state index contributed by atoms with van der Waals surface area (Å²) in [6.07, 6.45) is 10.3. The molecule has 0 spiro atoms. The second-order valence-corrected chi connectivity index (χ2v) is 5.32. The molecule has 0 aliphatic heterocycles. The van der Waals surface area contributed by atoms with Crippen molar-refractivity contribution in [3.8, 4) is 0 Å². The van der Waals surface area contributed by atoms with Crippen molar-refractivity contribution in [1.29, 1.82) is 0 Å². The minimum atomic E-state index is 0.685. The van der Waals surface area contributed by atoms with E-state index in [9.17, 15) is 0 Å². The molecule has 1 aliphatic carbocycles. The zero-order valence-corrected chi connectivity index (χ0v) is 9.03. The molecular weight excluding hydrogens is 144 g/mol. The maximum absolute atomic E-state index is 2.50. The average molecular weight is 168 g/mol. The Morgan fingerprint density at radius 2 is 1.50 bits per heavy atom. The molecule has 0 aromatic rings. The van der Waals surface area contributed by atoms with Gasteiger partial charge in [0.25, 0.3) is 0 Å². The van der Waals surface area contributed by atoms with Gasteiger partial charge >= 0.3 is 0 Å². The molecular formula is C12H24. The van der Waals surface area contributed by atoms with Crippen molar-refractivity contribution in [2.24, 2.45) is 11.3 Å². The largest absolute Gasteiger partial charge is 0.0628 e. The Balaban J connectivity index is 2.42. The van der Waals surface area contributed by atoms with Gasteiger partial charge in [-0.3, -0.25) is 0 Å². The van der Waals surface area contributed by atoms with E-state index in [4.69, 9.17) is 0 Å². The Hall–Kier alpha value is 0. The van der Waals surface area contributed by atoms with Crippen molar-refractivity contribution in [2.75, 3.05) is 0 Å². The molecule has 1 aliphatic rings. The van der Waals surface area contributed by atoms with Gasteiger partial charge in [0.05, 0.1) is 0 Å². The second kappa shape index (κ2) is 4.30. The summed E-state index contributed by atoms with van der Waals surface area (Å²) in [6.45, 7) is 7.21. The topological polar surface area (TPSA) is 0 Å². The molecule has 0 heterocycles. The molecule has 0 nitrogen and oxygen atoms in total. The van der Waals surface area contributed by atoms with Crippen molar-refractivity contribution in [3.63, 3.8) is 0 Å². The van der Waals surface area contributed by atoms with Gasteiger partial charge in [-0.2, -0.15) is 0 Å². The molecule has 1 saturated carbocycles. The lowest BCUT2D eigenvalue weighted by atomic mass is 9.76. The highest BCUT2D eigenvalue weighted by Crippen LogP contribution is 2.39. The van der Waals surface area contributed by atoms with E-state index in [0.29, 0.717) is 5.41 Å². The summed E-state index contributed by atoms with van der Waals surface area (Å²) in [5.41, 5.74) is 0.685. The van der Waals surface area contributed by atoms with Gasteiger partial charge in [-0.05, 0) is 30.6 Å². The van der Waals surface area contributed by atoms with Crippen molar-refractivity contribution in [1.82, 2.24) is 0 Å². The van der Waals surface area contributed by atoms with Gasteiger partial charge in [0, 0.05) is 0 Å². The van der Waals surface area contributed by atoms with E-state index < -0.39 is 0 Å². The van der Waals surface area contributed by atoms with Crippen molar-refractivity contribution < 1.29 is 0 Å². The zero-order chi connectivity index (χ0) is 9.03. The molecule has 0 unspecified atom stereocenters. The quantitative estimate of drug-likeness (QED) is 0.536. The molecule has 72 valence electrons. The Morgan fingerprint density at radius 3 is 1.92 bits per heavy atom. The molecule has 12 heavy (non-hydrogen) atoms. The minimum Gasteiger partial charge on any atom is -0.0628 e. The first-order valence-corrected chi connectivity index (χ1v) is 5.62. The summed E-state index contributed by atoms with van der Waals surface area (Å²) in [5, 5.41) is 0. The minimum absolute atomic E-state index is 0.685. The molecule has 0 saturated heterocycles. The molecule has 0 aromatic heterocycles. The van der Waals surface area contributed by atoms with E-state index in [1.807, 2.05) is 0 Å². The van der Waals surface area contributed by atoms with Crippen LogP contribution in [0.2, 0.25) is 0 Å². The van der Waals surface area contributed by atoms with Gasteiger partial charge in [0.2, 0.25) is 0 Å². The summed E-state index contributed by atoms with van der Waals surface area (Å²) in [5.74, 6) is 0.882. The highest BCUT2D eigenvalue weighted by molar-refractivity contribution is 4.78. The van der Waals surface area contributed by atoms with Crippen LogP contribution in [0, 0.1) is 11.3 Å². The van der Waals surface area contributed by atoms with E-state index in [-0.39, 0.29) is 0 Å². The first-order chi connectivity index (χ1) is 5.62. The van der Waals surface area contributed by atoms with Gasteiger partial charge in [-0.25, -0.2) is 0 Å². The first-order valence-electron chi connectivity index (χ1n) is 5.62. The lowest BCUT2D eigenvalue weighted by Gasteiger charge is -2.29. The van der Waals surface area contributed by atoms with Crippen LogP contribution in [-0.2, 0) is 0 Å². The van der Waals surface area contributed by atoms with Crippen LogP contribution in [0.1, 0.15) is 65.7 Å². The van der Waals surface area contributed by atoms with E-state index in [1.165, 1.54) is 44.9 Å². The van der Waals surface area contributed by atoms with E-state index >= 15 is 0 Å². The van der Waals surface area contributed by atoms with Gasteiger partial charge in [-0.15, -0.1) is 0 Å². The zero-order valence-electron chi connectivity index (χ0n) is 9.03. The van der Waals surface area contributed by atoms with Gasteiger partial charge in [0.1, 0.15) is 0 Å². The Morgan fingerprint density at radius 1 is 1.00 bits per heavy atom. The molecule has 0 N–H and O–H groups in total. The fourth-order valence-corrected chi connectivity index (χ4v) is 2.77. The fraction of sp³-hybridized carbons (Fsp3) is 1.00.